The molecule has 21 heavy (non-hydrogen) atoms. The van der Waals surface area contributed by atoms with Crippen molar-refractivity contribution in [1.82, 2.24) is 4.98 Å². The molecule has 8 heteroatoms. The maximum atomic E-state index is 12.0. The smallest absolute Gasteiger partial charge is 0.332 e. The van der Waals surface area contributed by atoms with E-state index in [1.54, 1.807) is 0 Å². The number of aliphatic hydroxyl groups excluding tert-OH is 3. The standard InChI is InChI=1S/C13H14N2O6/c16-4-3-11(17)12(18)7-1-2-9-8(5-7)13(19)10(6-14-9)15(20)21/h1-2,5-6,11-12,16-18H,3-4H2,(H,14,19). The summed E-state index contributed by atoms with van der Waals surface area (Å²) in [4.78, 5) is 24.6. The Hall–Kier alpha value is -2.29. The number of benzene rings is 1. The number of hydrogen-bond acceptors (Lipinski definition) is 6. The first-order valence-electron chi connectivity index (χ1n) is 6.22. The van der Waals surface area contributed by atoms with E-state index in [2.05, 4.69) is 4.98 Å². The number of nitrogens with zero attached hydrogens (tertiary/aromatic N) is 1. The molecule has 2 aromatic rings. The highest BCUT2D eigenvalue weighted by Gasteiger charge is 2.20. The van der Waals surface area contributed by atoms with Gasteiger partial charge in [-0.05, 0) is 24.1 Å². The van der Waals surface area contributed by atoms with Crippen LogP contribution in [0.3, 0.4) is 0 Å². The third-order valence-corrected chi connectivity index (χ3v) is 3.21. The number of rotatable bonds is 5. The van der Waals surface area contributed by atoms with Crippen molar-refractivity contribution in [1.29, 1.82) is 0 Å². The number of nitrogens with one attached hydrogen (secondary N) is 1. The lowest BCUT2D eigenvalue weighted by Crippen LogP contribution is -2.20. The molecule has 0 saturated heterocycles. The molecule has 112 valence electrons. The first kappa shape index (κ1) is 15.1. The van der Waals surface area contributed by atoms with Crippen molar-refractivity contribution in [3.63, 3.8) is 0 Å². The number of fused-ring (bicyclic) bond motifs is 1. The van der Waals surface area contributed by atoms with Crippen molar-refractivity contribution >= 4 is 16.6 Å². The van der Waals surface area contributed by atoms with Gasteiger partial charge in [-0.2, -0.15) is 0 Å². The molecule has 0 aliphatic heterocycles. The van der Waals surface area contributed by atoms with E-state index >= 15 is 0 Å². The number of H-pyrrole nitrogens is 1. The van der Waals surface area contributed by atoms with Gasteiger partial charge in [0.15, 0.2) is 0 Å². The lowest BCUT2D eigenvalue weighted by molar-refractivity contribution is -0.386. The van der Waals surface area contributed by atoms with Crippen molar-refractivity contribution in [2.75, 3.05) is 6.61 Å². The predicted octanol–water partition coefficient (Wildman–Crippen LogP) is 0.213. The maximum absolute atomic E-state index is 12.0. The van der Waals surface area contributed by atoms with Gasteiger partial charge in [-0.1, -0.05) is 6.07 Å². The second kappa shape index (κ2) is 6.00. The first-order chi connectivity index (χ1) is 9.95. The molecule has 0 saturated carbocycles. The SMILES string of the molecule is O=c1c([N+](=O)[O-])c[nH]c2ccc(C(O)C(O)CCO)cc12. The monoisotopic (exact) mass is 294 g/mol. The summed E-state index contributed by atoms with van der Waals surface area (Å²) in [6, 6.07) is 4.28. The van der Waals surface area contributed by atoms with Crippen molar-refractivity contribution in [2.45, 2.75) is 18.6 Å². The molecule has 0 aliphatic rings. The van der Waals surface area contributed by atoms with Gasteiger partial charge in [-0.15, -0.1) is 0 Å². The van der Waals surface area contributed by atoms with Gasteiger partial charge in [0.1, 0.15) is 6.10 Å². The summed E-state index contributed by atoms with van der Waals surface area (Å²) in [5.74, 6) is 0. The number of aliphatic hydroxyl groups is 3. The normalized spacial score (nSPS) is 14.0. The highest BCUT2D eigenvalue weighted by molar-refractivity contribution is 5.81. The van der Waals surface area contributed by atoms with E-state index < -0.39 is 28.2 Å². The largest absolute Gasteiger partial charge is 0.396 e. The summed E-state index contributed by atoms with van der Waals surface area (Å²) in [6.07, 6.45) is -1.49. The van der Waals surface area contributed by atoms with E-state index in [0.717, 1.165) is 6.20 Å². The molecule has 0 spiro atoms. The molecule has 0 fully saturated rings. The van der Waals surface area contributed by atoms with Crippen molar-refractivity contribution in [2.24, 2.45) is 0 Å². The fourth-order valence-electron chi connectivity index (χ4n) is 2.06. The molecular formula is C13H14N2O6. The second-order valence-electron chi connectivity index (χ2n) is 4.59. The maximum Gasteiger partial charge on any atom is 0.332 e. The van der Waals surface area contributed by atoms with E-state index in [1.807, 2.05) is 0 Å². The average Bonchev–Trinajstić information content (AvgIpc) is 2.46. The fourth-order valence-corrected chi connectivity index (χ4v) is 2.06. The predicted molar refractivity (Wildman–Crippen MR) is 73.9 cm³/mol. The summed E-state index contributed by atoms with van der Waals surface area (Å²) < 4.78 is 0. The zero-order chi connectivity index (χ0) is 15.6. The molecule has 1 heterocycles. The van der Waals surface area contributed by atoms with Crippen LogP contribution in [0.25, 0.3) is 10.9 Å². The lowest BCUT2D eigenvalue weighted by atomic mass is 10.0. The van der Waals surface area contributed by atoms with E-state index in [-0.39, 0.29) is 24.0 Å². The van der Waals surface area contributed by atoms with E-state index in [1.165, 1.54) is 18.2 Å². The number of pyridine rings is 1. The Bertz CT molecular complexity index is 726. The Morgan fingerprint density at radius 3 is 2.67 bits per heavy atom. The number of hydrogen-bond donors (Lipinski definition) is 4. The molecule has 2 atom stereocenters. The van der Waals surface area contributed by atoms with Gasteiger partial charge in [0.25, 0.3) is 5.43 Å². The third-order valence-electron chi connectivity index (χ3n) is 3.21. The van der Waals surface area contributed by atoms with Gasteiger partial charge < -0.3 is 20.3 Å². The van der Waals surface area contributed by atoms with Crippen molar-refractivity contribution in [3.05, 3.63) is 50.3 Å². The zero-order valence-corrected chi connectivity index (χ0v) is 10.9. The van der Waals surface area contributed by atoms with Crippen LogP contribution >= 0.6 is 0 Å². The Balaban J connectivity index is 2.52. The first-order valence-corrected chi connectivity index (χ1v) is 6.22. The van der Waals surface area contributed by atoms with Gasteiger partial charge in [-0.25, -0.2) is 0 Å². The van der Waals surface area contributed by atoms with Gasteiger partial charge in [0.2, 0.25) is 0 Å². The summed E-state index contributed by atoms with van der Waals surface area (Å²) in [5.41, 5.74) is -0.725. The van der Waals surface area contributed by atoms with Crippen LogP contribution in [-0.2, 0) is 0 Å². The van der Waals surface area contributed by atoms with Crippen LogP contribution in [0.4, 0.5) is 5.69 Å². The van der Waals surface area contributed by atoms with Crippen LogP contribution in [-0.4, -0.2) is 37.9 Å². The number of nitro groups is 1. The number of aromatic amines is 1. The summed E-state index contributed by atoms with van der Waals surface area (Å²) in [5, 5.41) is 39.1. The minimum atomic E-state index is -1.29. The van der Waals surface area contributed by atoms with Crippen LogP contribution in [0, 0.1) is 10.1 Å². The molecule has 4 N–H and O–H groups in total. The molecule has 0 radical (unpaired) electrons. The Morgan fingerprint density at radius 1 is 1.33 bits per heavy atom. The molecule has 8 nitrogen and oxygen atoms in total. The van der Waals surface area contributed by atoms with Crippen LogP contribution in [0.2, 0.25) is 0 Å². The average molecular weight is 294 g/mol. The molecule has 2 unspecified atom stereocenters. The van der Waals surface area contributed by atoms with E-state index in [0.29, 0.717) is 5.52 Å². The molecular weight excluding hydrogens is 280 g/mol. The molecule has 1 aromatic heterocycles. The molecule has 0 aliphatic carbocycles. The van der Waals surface area contributed by atoms with Gasteiger partial charge >= 0.3 is 5.69 Å². The Labute approximate surface area is 118 Å². The van der Waals surface area contributed by atoms with Gasteiger partial charge in [0.05, 0.1) is 22.6 Å². The molecule has 2 rings (SSSR count). The highest BCUT2D eigenvalue weighted by Crippen LogP contribution is 2.22. The summed E-state index contributed by atoms with van der Waals surface area (Å²) >= 11 is 0. The molecule has 0 amide bonds. The highest BCUT2D eigenvalue weighted by atomic mass is 16.6. The van der Waals surface area contributed by atoms with Crippen LogP contribution < -0.4 is 5.43 Å². The Kier molecular flexibility index (Phi) is 4.32. The quantitative estimate of drug-likeness (QED) is 0.459. The fraction of sp³-hybridized carbons (Fsp3) is 0.308. The minimum absolute atomic E-state index is 0.0233. The van der Waals surface area contributed by atoms with E-state index in [4.69, 9.17) is 5.11 Å². The van der Waals surface area contributed by atoms with Crippen LogP contribution in [0.5, 0.6) is 0 Å². The third kappa shape index (κ3) is 2.92. The summed E-state index contributed by atoms with van der Waals surface area (Å²) in [7, 11) is 0. The topological polar surface area (TPSA) is 137 Å². The number of aromatic nitrogens is 1. The van der Waals surface area contributed by atoms with Gasteiger partial charge in [0, 0.05) is 12.1 Å². The molecule has 1 aromatic carbocycles. The van der Waals surface area contributed by atoms with E-state index in [9.17, 15) is 25.1 Å². The van der Waals surface area contributed by atoms with Crippen LogP contribution in [0.1, 0.15) is 18.1 Å². The lowest BCUT2D eigenvalue weighted by Gasteiger charge is -2.17. The summed E-state index contributed by atoms with van der Waals surface area (Å²) in [6.45, 7) is -0.294. The Morgan fingerprint density at radius 2 is 2.05 bits per heavy atom. The van der Waals surface area contributed by atoms with Crippen molar-refractivity contribution < 1.29 is 20.2 Å². The molecule has 0 bridgehead atoms. The van der Waals surface area contributed by atoms with Crippen molar-refractivity contribution in [3.8, 4) is 0 Å². The minimum Gasteiger partial charge on any atom is -0.396 e. The second-order valence-corrected chi connectivity index (χ2v) is 4.59. The van der Waals surface area contributed by atoms with Gasteiger partial charge in [-0.3, -0.25) is 14.9 Å². The zero-order valence-electron chi connectivity index (χ0n) is 10.9. The van der Waals surface area contributed by atoms with Crippen LogP contribution in [0.15, 0.2) is 29.2 Å².